The van der Waals surface area contributed by atoms with Crippen LogP contribution in [0, 0.1) is 0 Å². The number of nitrogens with one attached hydrogen (secondary N) is 1. The Balaban J connectivity index is 1.98. The highest BCUT2D eigenvalue weighted by molar-refractivity contribution is 7.89. The first kappa shape index (κ1) is 17.0. The number of ether oxygens (including phenoxy) is 1. The zero-order valence-electron chi connectivity index (χ0n) is 13.7. The van der Waals surface area contributed by atoms with E-state index in [4.69, 9.17) is 9.88 Å². The van der Waals surface area contributed by atoms with Crippen molar-refractivity contribution in [1.82, 2.24) is 4.57 Å². The maximum absolute atomic E-state index is 12.6. The van der Waals surface area contributed by atoms with Crippen molar-refractivity contribution in [2.45, 2.75) is 4.90 Å². The van der Waals surface area contributed by atoms with Gasteiger partial charge < -0.3 is 14.6 Å². The molecule has 130 valence electrons. The fourth-order valence-corrected chi connectivity index (χ4v) is 3.42. The van der Waals surface area contributed by atoms with Crippen molar-refractivity contribution < 1.29 is 17.9 Å². The molecule has 25 heavy (non-hydrogen) atoms. The van der Waals surface area contributed by atoms with Crippen LogP contribution in [0.3, 0.4) is 0 Å². The van der Waals surface area contributed by atoms with Gasteiger partial charge >= 0.3 is 0 Å². The molecule has 3 rings (SSSR count). The lowest BCUT2D eigenvalue weighted by molar-refractivity contribution is 0.102. The molecule has 0 saturated carbocycles. The summed E-state index contributed by atoms with van der Waals surface area (Å²) in [5, 5.41) is 8.71. The number of hydrogen-bond donors (Lipinski definition) is 2. The summed E-state index contributed by atoms with van der Waals surface area (Å²) >= 11 is 0. The number of methoxy groups -OCH3 is 1. The number of sulfonamides is 1. The smallest absolute Gasteiger partial charge is 0.257 e. The van der Waals surface area contributed by atoms with Crippen LogP contribution in [0.1, 0.15) is 10.4 Å². The third kappa shape index (κ3) is 3.21. The minimum atomic E-state index is -3.98. The van der Waals surface area contributed by atoms with Crippen LogP contribution in [0.15, 0.2) is 53.6 Å². The standard InChI is InChI=1S/C17H17N3O4S/c1-20-10-13(12-5-3-4-6-14(12)20)17(21)19-11-7-8-15(24-2)16(9-11)25(18,22)23/h3-10H,1-2H3,(H,19,21)(H2,18,22,23). The molecule has 1 amide bonds. The molecule has 0 atom stereocenters. The SMILES string of the molecule is COc1ccc(NC(=O)c2cn(C)c3ccccc23)cc1S(N)(=O)=O. The summed E-state index contributed by atoms with van der Waals surface area (Å²) in [6.45, 7) is 0. The van der Waals surface area contributed by atoms with Gasteiger partial charge in [0.25, 0.3) is 5.91 Å². The summed E-state index contributed by atoms with van der Waals surface area (Å²) in [5.41, 5.74) is 1.72. The van der Waals surface area contributed by atoms with Crippen molar-refractivity contribution in [1.29, 1.82) is 0 Å². The average molecular weight is 359 g/mol. The van der Waals surface area contributed by atoms with Crippen molar-refractivity contribution in [3.63, 3.8) is 0 Å². The van der Waals surface area contributed by atoms with Gasteiger partial charge in [-0.1, -0.05) is 18.2 Å². The molecular weight excluding hydrogens is 342 g/mol. The van der Waals surface area contributed by atoms with Gasteiger partial charge in [-0.2, -0.15) is 0 Å². The maximum Gasteiger partial charge on any atom is 0.257 e. The minimum Gasteiger partial charge on any atom is -0.495 e. The fourth-order valence-electron chi connectivity index (χ4n) is 2.70. The highest BCUT2D eigenvalue weighted by Gasteiger charge is 2.18. The number of primary sulfonamides is 1. The van der Waals surface area contributed by atoms with E-state index in [-0.39, 0.29) is 16.6 Å². The molecule has 0 spiro atoms. The van der Waals surface area contributed by atoms with Gasteiger partial charge in [0.2, 0.25) is 10.0 Å². The predicted molar refractivity (Wildman–Crippen MR) is 95.2 cm³/mol. The number of aryl methyl sites for hydroxylation is 1. The molecule has 0 fully saturated rings. The number of benzene rings is 2. The summed E-state index contributed by atoms with van der Waals surface area (Å²) in [4.78, 5) is 12.4. The molecule has 2 aromatic carbocycles. The van der Waals surface area contributed by atoms with Crippen LogP contribution < -0.4 is 15.2 Å². The summed E-state index contributed by atoms with van der Waals surface area (Å²) in [6.07, 6.45) is 1.73. The van der Waals surface area contributed by atoms with Crippen LogP contribution >= 0.6 is 0 Å². The van der Waals surface area contributed by atoms with Crippen LogP contribution in [0.2, 0.25) is 0 Å². The number of anilines is 1. The topological polar surface area (TPSA) is 103 Å². The molecule has 7 nitrogen and oxygen atoms in total. The highest BCUT2D eigenvalue weighted by Crippen LogP contribution is 2.27. The van der Waals surface area contributed by atoms with E-state index in [1.54, 1.807) is 12.3 Å². The van der Waals surface area contributed by atoms with Gasteiger partial charge in [-0.3, -0.25) is 4.79 Å². The van der Waals surface area contributed by atoms with E-state index in [9.17, 15) is 13.2 Å². The largest absolute Gasteiger partial charge is 0.495 e. The van der Waals surface area contributed by atoms with Gasteiger partial charge in [-0.25, -0.2) is 13.6 Å². The molecule has 0 radical (unpaired) electrons. The van der Waals surface area contributed by atoms with Crippen molar-refractivity contribution in [2.24, 2.45) is 12.2 Å². The Morgan fingerprint density at radius 1 is 1.20 bits per heavy atom. The lowest BCUT2D eigenvalue weighted by Crippen LogP contribution is -2.15. The highest BCUT2D eigenvalue weighted by atomic mass is 32.2. The van der Waals surface area contributed by atoms with E-state index in [1.807, 2.05) is 35.9 Å². The molecule has 0 aliphatic rings. The Labute approximate surface area is 145 Å². The summed E-state index contributed by atoms with van der Waals surface area (Å²) < 4.78 is 30.2. The Morgan fingerprint density at radius 3 is 2.60 bits per heavy atom. The number of aromatic nitrogens is 1. The second-order valence-electron chi connectivity index (χ2n) is 5.54. The van der Waals surface area contributed by atoms with Gasteiger partial charge in [0.1, 0.15) is 10.6 Å². The van der Waals surface area contributed by atoms with E-state index in [1.165, 1.54) is 19.2 Å². The van der Waals surface area contributed by atoms with Crippen molar-refractivity contribution in [2.75, 3.05) is 12.4 Å². The summed E-state index contributed by atoms with van der Waals surface area (Å²) in [6, 6.07) is 11.8. The normalized spacial score (nSPS) is 11.5. The molecule has 0 unspecified atom stereocenters. The van der Waals surface area contributed by atoms with Crippen LogP contribution in [-0.2, 0) is 17.1 Å². The van der Waals surface area contributed by atoms with E-state index in [0.717, 1.165) is 10.9 Å². The van der Waals surface area contributed by atoms with Crippen LogP contribution in [0.25, 0.3) is 10.9 Å². The molecule has 0 bridgehead atoms. The Morgan fingerprint density at radius 2 is 1.92 bits per heavy atom. The monoisotopic (exact) mass is 359 g/mol. The number of carbonyl (C=O) groups is 1. The molecule has 3 aromatic rings. The lowest BCUT2D eigenvalue weighted by Gasteiger charge is -2.10. The van der Waals surface area contributed by atoms with Gasteiger partial charge in [0.15, 0.2) is 0 Å². The lowest BCUT2D eigenvalue weighted by atomic mass is 10.1. The molecular formula is C17H17N3O4S. The Kier molecular flexibility index (Phi) is 4.23. The van der Waals surface area contributed by atoms with Crippen molar-refractivity contribution >= 4 is 32.5 Å². The van der Waals surface area contributed by atoms with Crippen molar-refractivity contribution in [3.8, 4) is 5.75 Å². The maximum atomic E-state index is 12.6. The van der Waals surface area contributed by atoms with Crippen LogP contribution in [0.5, 0.6) is 5.75 Å². The third-order valence-electron chi connectivity index (χ3n) is 3.87. The number of amides is 1. The first-order valence-corrected chi connectivity index (χ1v) is 8.92. The van der Waals surface area contributed by atoms with E-state index >= 15 is 0 Å². The summed E-state index contributed by atoms with van der Waals surface area (Å²) in [5.74, 6) is -0.229. The van der Waals surface area contributed by atoms with Gasteiger partial charge in [0.05, 0.1) is 12.7 Å². The number of para-hydroxylation sites is 1. The van der Waals surface area contributed by atoms with E-state index in [2.05, 4.69) is 5.32 Å². The van der Waals surface area contributed by atoms with Crippen LogP contribution in [0.4, 0.5) is 5.69 Å². The zero-order valence-corrected chi connectivity index (χ0v) is 14.5. The van der Waals surface area contributed by atoms with Gasteiger partial charge in [-0.15, -0.1) is 0 Å². The Hall–Kier alpha value is -2.84. The third-order valence-corrected chi connectivity index (χ3v) is 4.80. The fraction of sp³-hybridized carbons (Fsp3) is 0.118. The zero-order chi connectivity index (χ0) is 18.2. The average Bonchev–Trinajstić information content (AvgIpc) is 2.91. The van der Waals surface area contributed by atoms with E-state index < -0.39 is 10.0 Å². The molecule has 8 heteroatoms. The first-order valence-electron chi connectivity index (χ1n) is 7.37. The molecule has 0 aliphatic carbocycles. The number of rotatable bonds is 4. The Bertz CT molecular complexity index is 1070. The molecule has 3 N–H and O–H groups in total. The van der Waals surface area contributed by atoms with E-state index in [0.29, 0.717) is 11.3 Å². The van der Waals surface area contributed by atoms with Crippen molar-refractivity contribution in [3.05, 3.63) is 54.2 Å². The number of nitrogens with zero attached hydrogens (tertiary/aromatic N) is 1. The van der Waals surface area contributed by atoms with Gasteiger partial charge in [0, 0.05) is 29.8 Å². The molecule has 1 heterocycles. The second-order valence-corrected chi connectivity index (χ2v) is 7.07. The second kappa shape index (κ2) is 6.23. The molecule has 0 saturated heterocycles. The predicted octanol–water partition coefficient (Wildman–Crippen LogP) is 2.09. The summed E-state index contributed by atoms with van der Waals surface area (Å²) in [7, 11) is -0.781. The van der Waals surface area contributed by atoms with Gasteiger partial charge in [-0.05, 0) is 24.3 Å². The number of nitrogens with two attached hydrogens (primary N) is 1. The number of fused-ring (bicyclic) bond motifs is 1. The molecule has 0 aliphatic heterocycles. The number of carbonyl (C=O) groups excluding carboxylic acids is 1. The molecule has 1 aromatic heterocycles. The van der Waals surface area contributed by atoms with Crippen LogP contribution in [-0.4, -0.2) is 26.0 Å². The quantitative estimate of drug-likeness (QED) is 0.744. The first-order chi connectivity index (χ1) is 11.8. The number of hydrogen-bond acceptors (Lipinski definition) is 4. The minimum absolute atomic E-state index is 0.116.